The van der Waals surface area contributed by atoms with Crippen molar-refractivity contribution in [2.24, 2.45) is 5.92 Å². The summed E-state index contributed by atoms with van der Waals surface area (Å²) in [7, 11) is 1.36. The van der Waals surface area contributed by atoms with Crippen molar-refractivity contribution in [2.75, 3.05) is 7.11 Å². The minimum Gasteiger partial charge on any atom is -0.468 e. The van der Waals surface area contributed by atoms with Crippen LogP contribution in [0.4, 0.5) is 0 Å². The predicted molar refractivity (Wildman–Crippen MR) is 110 cm³/mol. The van der Waals surface area contributed by atoms with Crippen molar-refractivity contribution < 1.29 is 14.3 Å². The van der Waals surface area contributed by atoms with Crippen molar-refractivity contribution in [1.29, 1.82) is 0 Å². The molecule has 4 rings (SSSR count). The molecule has 0 radical (unpaired) electrons. The van der Waals surface area contributed by atoms with E-state index >= 15 is 0 Å². The first kappa shape index (κ1) is 19.0. The van der Waals surface area contributed by atoms with Gasteiger partial charge in [-0.3, -0.25) is 9.59 Å². The van der Waals surface area contributed by atoms with E-state index in [4.69, 9.17) is 16.3 Å². The number of hydrogen-bond donors (Lipinski definition) is 1. The molecule has 144 valence electrons. The third kappa shape index (κ3) is 3.29. The van der Waals surface area contributed by atoms with Gasteiger partial charge in [0.25, 0.3) is 0 Å². The smallest absolute Gasteiger partial charge is 0.315 e. The summed E-state index contributed by atoms with van der Waals surface area (Å²) < 4.78 is 5.03. The lowest BCUT2D eigenvalue weighted by Gasteiger charge is -2.39. The van der Waals surface area contributed by atoms with Crippen LogP contribution in [0.25, 0.3) is 0 Å². The molecule has 4 nitrogen and oxygen atoms in total. The summed E-state index contributed by atoms with van der Waals surface area (Å²) in [5, 5.41) is 5.89. The first-order valence-electron chi connectivity index (χ1n) is 9.08. The molecule has 0 amide bonds. The van der Waals surface area contributed by atoms with Gasteiger partial charge in [0.2, 0.25) is 0 Å². The molecule has 1 aromatic carbocycles. The fourth-order valence-electron chi connectivity index (χ4n) is 4.21. The molecular formula is C22H20ClNO3S. The number of Topliss-reactive ketones (excluding diaryl/α,β-unsaturated/α-hetero) is 1. The van der Waals surface area contributed by atoms with Gasteiger partial charge in [0.15, 0.2) is 5.78 Å². The molecule has 2 aromatic rings. The van der Waals surface area contributed by atoms with Crippen LogP contribution in [0.5, 0.6) is 0 Å². The second-order valence-electron chi connectivity index (χ2n) is 7.12. The van der Waals surface area contributed by atoms with Crippen molar-refractivity contribution in [1.82, 2.24) is 5.32 Å². The number of ketones is 1. The third-order valence-corrected chi connectivity index (χ3v) is 6.76. The molecule has 3 atom stereocenters. The second-order valence-corrected chi connectivity index (χ2v) is 8.53. The quantitative estimate of drug-likeness (QED) is 0.735. The van der Waals surface area contributed by atoms with Crippen molar-refractivity contribution in [3.05, 3.63) is 80.8 Å². The van der Waals surface area contributed by atoms with E-state index in [1.54, 1.807) is 23.5 Å². The average molecular weight is 414 g/mol. The molecule has 0 saturated heterocycles. The first-order valence-corrected chi connectivity index (χ1v) is 10.3. The number of benzene rings is 1. The number of halogens is 1. The minimum atomic E-state index is -0.660. The fraction of sp³-hybridized carbons (Fsp3) is 0.273. The summed E-state index contributed by atoms with van der Waals surface area (Å²) in [6.45, 7) is 4.08. The number of hydrogen-bond acceptors (Lipinski definition) is 5. The van der Waals surface area contributed by atoms with Gasteiger partial charge in [-0.15, -0.1) is 11.3 Å². The number of carbonyl (C=O) groups excluding carboxylic acids is 2. The lowest BCUT2D eigenvalue weighted by atomic mass is 9.69. The molecule has 2 heterocycles. The zero-order valence-corrected chi connectivity index (χ0v) is 17.0. The molecule has 28 heavy (non-hydrogen) atoms. The summed E-state index contributed by atoms with van der Waals surface area (Å²) in [5.41, 5.74) is 2.95. The van der Waals surface area contributed by atoms with E-state index < -0.39 is 17.8 Å². The van der Waals surface area contributed by atoms with Crippen molar-refractivity contribution in [3.63, 3.8) is 0 Å². The Hall–Kier alpha value is -2.37. The Morgan fingerprint density at radius 2 is 2.00 bits per heavy atom. The number of methoxy groups -OCH3 is 1. The molecular weight excluding hydrogens is 394 g/mol. The highest BCUT2D eigenvalue weighted by molar-refractivity contribution is 7.10. The monoisotopic (exact) mass is 413 g/mol. The lowest BCUT2D eigenvalue weighted by molar-refractivity contribution is -0.144. The van der Waals surface area contributed by atoms with Crippen molar-refractivity contribution in [2.45, 2.75) is 24.7 Å². The molecule has 1 aliphatic carbocycles. The Kier molecular flexibility index (Phi) is 5.13. The number of allylic oxidation sites excluding steroid dienone is 2. The van der Waals surface area contributed by atoms with Crippen molar-refractivity contribution >= 4 is 34.7 Å². The fourth-order valence-corrected chi connectivity index (χ4v) is 5.17. The van der Waals surface area contributed by atoms with Crippen LogP contribution in [0.15, 0.2) is 65.3 Å². The predicted octanol–water partition coefficient (Wildman–Crippen LogP) is 4.79. The van der Waals surface area contributed by atoms with Crippen LogP contribution in [0.3, 0.4) is 0 Å². The second kappa shape index (κ2) is 7.57. The molecule has 0 bridgehead atoms. The van der Waals surface area contributed by atoms with Gasteiger partial charge < -0.3 is 10.1 Å². The molecule has 2 aliphatic rings. The van der Waals surface area contributed by atoms with Gasteiger partial charge in [0.1, 0.15) is 5.92 Å². The van der Waals surface area contributed by atoms with Crippen LogP contribution >= 0.6 is 22.9 Å². The van der Waals surface area contributed by atoms with E-state index in [0.717, 1.165) is 17.7 Å². The van der Waals surface area contributed by atoms with E-state index in [9.17, 15) is 9.59 Å². The van der Waals surface area contributed by atoms with Gasteiger partial charge in [-0.05, 0) is 35.6 Å². The topological polar surface area (TPSA) is 55.4 Å². The van der Waals surface area contributed by atoms with Crippen LogP contribution in [-0.4, -0.2) is 18.9 Å². The van der Waals surface area contributed by atoms with Gasteiger partial charge in [-0.1, -0.05) is 36.4 Å². The van der Waals surface area contributed by atoms with E-state index in [1.165, 1.54) is 12.0 Å². The molecule has 0 saturated carbocycles. The van der Waals surface area contributed by atoms with Gasteiger partial charge in [-0.2, -0.15) is 0 Å². The summed E-state index contributed by atoms with van der Waals surface area (Å²) in [6.07, 6.45) is 1.16. The Labute approximate surface area is 172 Å². The highest BCUT2D eigenvalue weighted by Crippen LogP contribution is 2.47. The maximum absolute atomic E-state index is 13.2. The maximum atomic E-state index is 13.2. The zero-order valence-electron chi connectivity index (χ0n) is 15.4. The van der Waals surface area contributed by atoms with Gasteiger partial charge in [0, 0.05) is 45.1 Å². The summed E-state index contributed by atoms with van der Waals surface area (Å²) in [6, 6.07) is 11.4. The van der Waals surface area contributed by atoms with E-state index in [2.05, 4.69) is 18.0 Å². The van der Waals surface area contributed by atoms with Crippen LogP contribution in [0, 0.1) is 5.92 Å². The molecule has 1 aromatic heterocycles. The van der Waals surface area contributed by atoms with Crippen LogP contribution < -0.4 is 5.32 Å². The molecule has 6 heteroatoms. The summed E-state index contributed by atoms with van der Waals surface area (Å²) in [5.74, 6) is -1.28. The maximum Gasteiger partial charge on any atom is 0.315 e. The van der Waals surface area contributed by atoms with E-state index in [-0.39, 0.29) is 11.7 Å². The number of esters is 1. The van der Waals surface area contributed by atoms with Crippen LogP contribution in [-0.2, 0) is 14.3 Å². The molecule has 0 spiro atoms. The Balaban J connectivity index is 1.81. The molecule has 0 fully saturated rings. The minimum absolute atomic E-state index is 0.0634. The standard InChI is InChI=1S/C22H20ClNO3S/c1-12-19(22(26)27-2)20(13-5-7-15(23)8-6-13)21-16(24-12)10-14(11-17(21)25)18-4-3-9-28-18/h3-9,14,19-20,24H,1,10-11H2,2H3. The first-order chi connectivity index (χ1) is 13.5. The number of carbonyl (C=O) groups is 2. The van der Waals surface area contributed by atoms with Gasteiger partial charge in [-0.25, -0.2) is 0 Å². The Bertz CT molecular complexity index is 962. The highest BCUT2D eigenvalue weighted by atomic mass is 35.5. The Morgan fingerprint density at radius 1 is 1.25 bits per heavy atom. The third-order valence-electron chi connectivity index (χ3n) is 5.47. The highest BCUT2D eigenvalue weighted by Gasteiger charge is 2.45. The SMILES string of the molecule is C=C1NC2=C(C(=O)CC(c3cccs3)C2)C(c2ccc(Cl)cc2)C1C(=O)OC. The zero-order chi connectivity index (χ0) is 19.8. The average Bonchev–Trinajstić information content (AvgIpc) is 3.21. The lowest BCUT2D eigenvalue weighted by Crippen LogP contribution is -2.41. The Morgan fingerprint density at radius 3 is 2.64 bits per heavy atom. The number of nitrogens with one attached hydrogen (secondary N) is 1. The van der Waals surface area contributed by atoms with E-state index in [1.807, 2.05) is 23.6 Å². The molecule has 1 N–H and O–H groups in total. The summed E-state index contributed by atoms with van der Waals surface area (Å²) >= 11 is 7.71. The molecule has 3 unspecified atom stereocenters. The molecule has 1 aliphatic heterocycles. The normalized spacial score (nSPS) is 24.6. The summed E-state index contributed by atoms with van der Waals surface area (Å²) in [4.78, 5) is 27.0. The van der Waals surface area contributed by atoms with Gasteiger partial charge >= 0.3 is 5.97 Å². The van der Waals surface area contributed by atoms with E-state index in [0.29, 0.717) is 22.7 Å². The van der Waals surface area contributed by atoms with Gasteiger partial charge in [0.05, 0.1) is 7.11 Å². The number of rotatable bonds is 3. The number of thiophene rings is 1. The van der Waals surface area contributed by atoms with Crippen LogP contribution in [0.1, 0.15) is 35.1 Å². The number of ether oxygens (including phenoxy) is 1. The van der Waals surface area contributed by atoms with Crippen molar-refractivity contribution in [3.8, 4) is 0 Å². The van der Waals surface area contributed by atoms with Crippen LogP contribution in [0.2, 0.25) is 5.02 Å². The largest absolute Gasteiger partial charge is 0.468 e.